The van der Waals surface area contributed by atoms with Crippen molar-refractivity contribution in [2.24, 2.45) is 0 Å². The van der Waals surface area contributed by atoms with Crippen LogP contribution >= 0.6 is 0 Å². The molecule has 166 valence electrons. The van der Waals surface area contributed by atoms with Crippen LogP contribution in [0.3, 0.4) is 0 Å². The Morgan fingerprint density at radius 1 is 0.935 bits per heavy atom. The van der Waals surface area contributed by atoms with Gasteiger partial charge < -0.3 is 25.4 Å². The molecule has 0 radical (unpaired) electrons. The molecular weight excluding hydrogens is 419 g/mol. The zero-order chi connectivity index (χ0) is 22.9. The second kappa shape index (κ2) is 10.9. The molecule has 0 saturated carbocycles. The lowest BCUT2D eigenvalue weighted by Gasteiger charge is -2.10. The van der Waals surface area contributed by atoms with Gasteiger partial charge in [0, 0.05) is 17.3 Å². The van der Waals surface area contributed by atoms with Gasteiger partial charge in [-0.05, 0) is 36.4 Å². The van der Waals surface area contributed by atoms with Crippen LogP contribution in [0.2, 0.25) is 0 Å². The van der Waals surface area contributed by atoms with Gasteiger partial charge in [0.1, 0.15) is 18.0 Å². The lowest BCUT2D eigenvalue weighted by molar-refractivity contribution is -0.137. The standard InChI is InChI=1S/C20H20F3N3O5/c1-30-16-4-2-3-14(9-16)26-18(28)11-31-15-7-5-13(6-8-15)19(29)24-10-17(27)25-12-20(21,22)23/h2-9H,10-12H2,1H3,(H,24,29)(H,25,27)(H,26,28). The molecule has 0 spiro atoms. The maximum absolute atomic E-state index is 12.0. The van der Waals surface area contributed by atoms with Gasteiger partial charge in [0.25, 0.3) is 11.8 Å². The molecule has 2 rings (SSSR count). The van der Waals surface area contributed by atoms with Crippen LogP contribution in [-0.4, -0.2) is 50.7 Å². The number of alkyl halides is 3. The third-order valence-corrected chi connectivity index (χ3v) is 3.74. The Hall–Kier alpha value is -3.76. The quantitative estimate of drug-likeness (QED) is 0.555. The average molecular weight is 439 g/mol. The zero-order valence-corrected chi connectivity index (χ0v) is 16.4. The molecule has 2 aromatic carbocycles. The van der Waals surface area contributed by atoms with Crippen LogP contribution in [0.1, 0.15) is 10.4 Å². The van der Waals surface area contributed by atoms with Gasteiger partial charge in [-0.3, -0.25) is 14.4 Å². The molecule has 0 saturated heterocycles. The van der Waals surface area contributed by atoms with Gasteiger partial charge in [-0.25, -0.2) is 0 Å². The van der Waals surface area contributed by atoms with E-state index in [1.54, 1.807) is 29.6 Å². The second-order valence-electron chi connectivity index (χ2n) is 6.17. The smallest absolute Gasteiger partial charge is 0.405 e. The monoisotopic (exact) mass is 439 g/mol. The van der Waals surface area contributed by atoms with Gasteiger partial charge in [0.15, 0.2) is 6.61 Å². The van der Waals surface area contributed by atoms with E-state index in [9.17, 15) is 27.6 Å². The van der Waals surface area contributed by atoms with Gasteiger partial charge in [-0.2, -0.15) is 13.2 Å². The highest BCUT2D eigenvalue weighted by atomic mass is 19.4. The minimum Gasteiger partial charge on any atom is -0.497 e. The van der Waals surface area contributed by atoms with Crippen LogP contribution in [0.15, 0.2) is 48.5 Å². The van der Waals surface area contributed by atoms with E-state index in [0.29, 0.717) is 17.2 Å². The number of carbonyl (C=O) groups excluding carboxylic acids is 3. The molecular formula is C20H20F3N3O5. The molecule has 0 fully saturated rings. The summed E-state index contributed by atoms with van der Waals surface area (Å²) >= 11 is 0. The first-order chi connectivity index (χ1) is 14.7. The number of ether oxygens (including phenoxy) is 2. The predicted octanol–water partition coefficient (Wildman–Crippen LogP) is 2.12. The van der Waals surface area contributed by atoms with E-state index in [0.717, 1.165) is 0 Å². The highest BCUT2D eigenvalue weighted by Gasteiger charge is 2.27. The Bertz CT molecular complexity index is 917. The summed E-state index contributed by atoms with van der Waals surface area (Å²) in [5.41, 5.74) is 0.705. The van der Waals surface area contributed by atoms with Crippen molar-refractivity contribution in [1.82, 2.24) is 10.6 Å². The summed E-state index contributed by atoms with van der Waals surface area (Å²) in [7, 11) is 1.51. The Labute approximate surface area is 175 Å². The van der Waals surface area contributed by atoms with E-state index in [4.69, 9.17) is 9.47 Å². The second-order valence-corrected chi connectivity index (χ2v) is 6.17. The fourth-order valence-electron chi connectivity index (χ4n) is 2.27. The largest absolute Gasteiger partial charge is 0.497 e. The minimum absolute atomic E-state index is 0.164. The lowest BCUT2D eigenvalue weighted by Crippen LogP contribution is -2.40. The van der Waals surface area contributed by atoms with Gasteiger partial charge in [0.2, 0.25) is 5.91 Å². The van der Waals surface area contributed by atoms with Crippen LogP contribution in [0.4, 0.5) is 18.9 Å². The number of rotatable bonds is 9. The normalized spacial score (nSPS) is 10.7. The highest BCUT2D eigenvalue weighted by Crippen LogP contribution is 2.17. The van der Waals surface area contributed by atoms with E-state index in [2.05, 4.69) is 10.6 Å². The maximum Gasteiger partial charge on any atom is 0.405 e. The molecule has 0 atom stereocenters. The summed E-state index contributed by atoms with van der Waals surface area (Å²) in [5, 5.41) is 6.50. The van der Waals surface area contributed by atoms with E-state index in [1.807, 2.05) is 0 Å². The topological polar surface area (TPSA) is 106 Å². The van der Waals surface area contributed by atoms with Crippen molar-refractivity contribution in [3.8, 4) is 11.5 Å². The third-order valence-electron chi connectivity index (χ3n) is 3.74. The van der Waals surface area contributed by atoms with E-state index >= 15 is 0 Å². The molecule has 2 aromatic rings. The fraction of sp³-hybridized carbons (Fsp3) is 0.250. The summed E-state index contributed by atoms with van der Waals surface area (Å²) in [4.78, 5) is 35.2. The number of hydrogen-bond acceptors (Lipinski definition) is 5. The van der Waals surface area contributed by atoms with Crippen LogP contribution in [-0.2, 0) is 9.59 Å². The van der Waals surface area contributed by atoms with Crippen LogP contribution in [0.25, 0.3) is 0 Å². The van der Waals surface area contributed by atoms with Crippen molar-refractivity contribution in [3.05, 3.63) is 54.1 Å². The van der Waals surface area contributed by atoms with Crippen molar-refractivity contribution in [3.63, 3.8) is 0 Å². The van der Waals surface area contributed by atoms with Crippen LogP contribution in [0.5, 0.6) is 11.5 Å². The van der Waals surface area contributed by atoms with Crippen LogP contribution in [0, 0.1) is 0 Å². The molecule has 0 aliphatic heterocycles. The number of anilines is 1. The zero-order valence-electron chi connectivity index (χ0n) is 16.4. The molecule has 3 amide bonds. The molecule has 3 N–H and O–H groups in total. The van der Waals surface area contributed by atoms with E-state index in [1.165, 1.54) is 31.4 Å². The van der Waals surface area contributed by atoms with Crippen molar-refractivity contribution in [2.45, 2.75) is 6.18 Å². The number of amides is 3. The van der Waals surface area contributed by atoms with Gasteiger partial charge >= 0.3 is 6.18 Å². The summed E-state index contributed by atoms with van der Waals surface area (Å²) < 4.78 is 46.5. The number of methoxy groups -OCH3 is 1. The maximum atomic E-state index is 12.0. The van der Waals surface area contributed by atoms with E-state index in [-0.39, 0.29) is 12.2 Å². The molecule has 8 nitrogen and oxygen atoms in total. The Morgan fingerprint density at radius 2 is 1.65 bits per heavy atom. The molecule has 0 bridgehead atoms. The Morgan fingerprint density at radius 3 is 2.29 bits per heavy atom. The van der Waals surface area contributed by atoms with Crippen LogP contribution < -0.4 is 25.4 Å². The van der Waals surface area contributed by atoms with Gasteiger partial charge in [-0.15, -0.1) is 0 Å². The van der Waals surface area contributed by atoms with E-state index < -0.39 is 37.0 Å². The molecule has 0 heterocycles. The van der Waals surface area contributed by atoms with Gasteiger partial charge in [-0.1, -0.05) is 6.07 Å². The summed E-state index contributed by atoms with van der Waals surface area (Å²) in [6.45, 7) is -2.35. The summed E-state index contributed by atoms with van der Waals surface area (Å²) in [6.07, 6.45) is -4.53. The fourth-order valence-corrected chi connectivity index (χ4v) is 2.27. The van der Waals surface area contributed by atoms with Crippen molar-refractivity contribution >= 4 is 23.4 Å². The van der Waals surface area contributed by atoms with Gasteiger partial charge in [0.05, 0.1) is 13.7 Å². The Balaban J connectivity index is 1.77. The summed E-state index contributed by atoms with van der Waals surface area (Å²) in [5.74, 6) is -1.11. The number of hydrogen-bond donors (Lipinski definition) is 3. The highest BCUT2D eigenvalue weighted by molar-refractivity contribution is 5.96. The molecule has 0 aromatic heterocycles. The SMILES string of the molecule is COc1cccc(NC(=O)COc2ccc(C(=O)NCC(=O)NCC(F)(F)F)cc2)c1. The lowest BCUT2D eigenvalue weighted by atomic mass is 10.2. The van der Waals surface area contributed by atoms with Crippen molar-refractivity contribution in [2.75, 3.05) is 32.1 Å². The average Bonchev–Trinajstić information content (AvgIpc) is 2.74. The van der Waals surface area contributed by atoms with Crippen molar-refractivity contribution in [1.29, 1.82) is 0 Å². The molecule has 0 aliphatic rings. The summed E-state index contributed by atoms with van der Waals surface area (Å²) in [6, 6.07) is 12.5. The molecule has 0 aliphatic carbocycles. The molecule has 31 heavy (non-hydrogen) atoms. The third kappa shape index (κ3) is 8.64. The number of nitrogens with one attached hydrogen (secondary N) is 3. The minimum atomic E-state index is -4.53. The number of halogens is 3. The molecule has 0 unspecified atom stereocenters. The Kier molecular flexibility index (Phi) is 8.24. The van der Waals surface area contributed by atoms with Crippen molar-refractivity contribution < 1.29 is 37.0 Å². The predicted molar refractivity (Wildman–Crippen MR) is 105 cm³/mol. The molecule has 11 heteroatoms. The first kappa shape index (κ1) is 23.5. The number of carbonyl (C=O) groups is 3. The first-order valence-corrected chi connectivity index (χ1v) is 8.94. The first-order valence-electron chi connectivity index (χ1n) is 8.94. The number of benzene rings is 2.